The number of hydrogen-bond donors (Lipinski definition) is 1. The maximum Gasteiger partial charge on any atom is 0.203 e. The molecule has 1 atom stereocenters. The number of methoxy groups -OCH3 is 5. The van der Waals surface area contributed by atoms with E-state index in [0.717, 1.165) is 35.1 Å². The molecule has 5 rings (SSSR count). The molecule has 234 valence electrons. The molecule has 0 saturated carbocycles. The van der Waals surface area contributed by atoms with Gasteiger partial charge in [0.15, 0.2) is 11.5 Å². The predicted molar refractivity (Wildman–Crippen MR) is 183 cm³/mol. The van der Waals surface area contributed by atoms with Crippen LogP contribution in [0, 0.1) is 0 Å². The molecule has 0 saturated heterocycles. The molecule has 0 aliphatic heterocycles. The molecule has 0 spiro atoms. The first kappa shape index (κ1) is 31.7. The number of fused-ring (bicyclic) bond motifs is 3. The third kappa shape index (κ3) is 6.03. The van der Waals surface area contributed by atoms with Gasteiger partial charge in [0.05, 0.1) is 47.7 Å². The van der Waals surface area contributed by atoms with Gasteiger partial charge in [-0.15, -0.1) is 0 Å². The third-order valence-corrected chi connectivity index (χ3v) is 8.73. The van der Waals surface area contributed by atoms with Crippen LogP contribution in [0.3, 0.4) is 0 Å². The monoisotopic (exact) mass is 606 g/mol. The van der Waals surface area contributed by atoms with Crippen LogP contribution in [0.4, 0.5) is 0 Å². The molecular weight excluding hydrogens is 564 g/mol. The Morgan fingerprint density at radius 3 is 1.38 bits per heavy atom. The molecule has 4 aromatic rings. The fraction of sp³-hybridized carbons (Fsp3) is 0.282. The Hall–Kier alpha value is -4.68. The van der Waals surface area contributed by atoms with E-state index in [9.17, 15) is 5.11 Å². The van der Waals surface area contributed by atoms with Gasteiger partial charge in [-0.25, -0.2) is 0 Å². The van der Waals surface area contributed by atoms with E-state index >= 15 is 0 Å². The molecule has 1 aliphatic carbocycles. The highest BCUT2D eigenvalue weighted by Gasteiger charge is 2.38. The number of ether oxygens (including phenoxy) is 5. The highest BCUT2D eigenvalue weighted by atomic mass is 16.5. The average molecular weight is 607 g/mol. The van der Waals surface area contributed by atoms with Crippen molar-refractivity contribution in [2.45, 2.75) is 38.7 Å². The van der Waals surface area contributed by atoms with Gasteiger partial charge in [0, 0.05) is 5.41 Å². The fourth-order valence-corrected chi connectivity index (χ4v) is 6.47. The summed E-state index contributed by atoms with van der Waals surface area (Å²) in [5, 5.41) is 9.78. The summed E-state index contributed by atoms with van der Waals surface area (Å²) in [5.41, 5.74) is 9.94. The van der Waals surface area contributed by atoms with Gasteiger partial charge >= 0.3 is 0 Å². The van der Waals surface area contributed by atoms with Gasteiger partial charge in [-0.2, -0.15) is 0 Å². The molecule has 1 N–H and O–H groups in total. The van der Waals surface area contributed by atoms with Gasteiger partial charge in [0.2, 0.25) is 5.75 Å². The quantitative estimate of drug-likeness (QED) is 0.163. The highest BCUT2D eigenvalue weighted by Crippen LogP contribution is 2.52. The molecular formula is C39H42O6. The lowest BCUT2D eigenvalue weighted by atomic mass is 9.76. The first-order valence-electron chi connectivity index (χ1n) is 15.1. The topological polar surface area (TPSA) is 66.4 Å². The van der Waals surface area contributed by atoms with Crippen molar-refractivity contribution < 1.29 is 28.8 Å². The first-order chi connectivity index (χ1) is 21.8. The lowest BCUT2D eigenvalue weighted by Crippen LogP contribution is -2.20. The largest absolute Gasteiger partial charge is 0.496 e. The average Bonchev–Trinajstić information content (AvgIpc) is 3.31. The van der Waals surface area contributed by atoms with Crippen molar-refractivity contribution in [1.29, 1.82) is 0 Å². The van der Waals surface area contributed by atoms with Crippen molar-refractivity contribution in [2.75, 3.05) is 35.5 Å². The van der Waals surface area contributed by atoms with E-state index in [4.69, 9.17) is 23.7 Å². The minimum atomic E-state index is -0.153. The molecule has 1 aliphatic rings. The smallest absolute Gasteiger partial charge is 0.203 e. The molecule has 4 aromatic carbocycles. The van der Waals surface area contributed by atoms with Crippen LogP contribution in [0.5, 0.6) is 28.7 Å². The van der Waals surface area contributed by atoms with E-state index in [0.29, 0.717) is 34.3 Å². The van der Waals surface area contributed by atoms with Crippen LogP contribution in [0.15, 0.2) is 60.7 Å². The van der Waals surface area contributed by atoms with Gasteiger partial charge in [-0.1, -0.05) is 81.0 Å². The van der Waals surface area contributed by atoms with Crippen molar-refractivity contribution in [3.8, 4) is 39.9 Å². The minimum Gasteiger partial charge on any atom is -0.496 e. The Labute approximate surface area is 266 Å². The summed E-state index contributed by atoms with van der Waals surface area (Å²) in [7, 11) is 8.06. The first-order valence-corrected chi connectivity index (χ1v) is 15.1. The SMILES string of the molecule is CCCC1(C)c2cc(/C=C/c3cc(OC)c(CO)c(OC)c3)ccc2-c2ccc(/C=C/c3cc(OC)c(OC)c(OC)c3)cc21. The summed E-state index contributed by atoms with van der Waals surface area (Å²) >= 11 is 0. The second kappa shape index (κ2) is 13.5. The van der Waals surface area contributed by atoms with Gasteiger partial charge < -0.3 is 28.8 Å². The summed E-state index contributed by atoms with van der Waals surface area (Å²) in [6.45, 7) is 4.46. The molecule has 6 nitrogen and oxygen atoms in total. The van der Waals surface area contributed by atoms with Crippen LogP contribution < -0.4 is 23.7 Å². The summed E-state index contributed by atoms with van der Waals surface area (Å²) in [6.07, 6.45) is 10.5. The zero-order valence-electron chi connectivity index (χ0n) is 27.2. The van der Waals surface area contributed by atoms with E-state index in [-0.39, 0.29) is 12.0 Å². The Kier molecular flexibility index (Phi) is 9.54. The van der Waals surface area contributed by atoms with Crippen molar-refractivity contribution in [2.24, 2.45) is 0 Å². The van der Waals surface area contributed by atoms with Crippen LogP contribution in [0.2, 0.25) is 0 Å². The molecule has 6 heteroatoms. The standard InChI is InChI=1S/C39H42O6/c1-8-17-39(2)32-18-25(9-11-27-20-34(41-3)31(24-40)35(21-27)42-4)13-15-29(32)30-16-14-26(19-33(30)39)10-12-28-22-36(43-5)38(45-7)37(23-28)44-6/h9-16,18-23,40H,8,17,24H2,1-7H3/b11-9+,12-10+. The number of aliphatic hydroxyl groups excluding tert-OH is 1. The van der Waals surface area contributed by atoms with E-state index in [1.54, 1.807) is 35.5 Å². The van der Waals surface area contributed by atoms with Crippen molar-refractivity contribution in [1.82, 2.24) is 0 Å². The molecule has 0 amide bonds. The van der Waals surface area contributed by atoms with Gasteiger partial charge in [0.25, 0.3) is 0 Å². The van der Waals surface area contributed by atoms with Crippen LogP contribution in [-0.2, 0) is 12.0 Å². The molecule has 0 bridgehead atoms. The Morgan fingerprint density at radius 2 is 1.00 bits per heavy atom. The molecule has 0 aromatic heterocycles. The maximum atomic E-state index is 9.78. The summed E-state index contributed by atoms with van der Waals surface area (Å²) in [5.74, 6) is 3.04. The van der Waals surface area contributed by atoms with Gasteiger partial charge in [-0.05, 0) is 75.2 Å². The molecule has 0 radical (unpaired) electrons. The van der Waals surface area contributed by atoms with Crippen LogP contribution in [-0.4, -0.2) is 40.7 Å². The normalized spacial score (nSPS) is 15.3. The van der Waals surface area contributed by atoms with E-state index in [2.05, 4.69) is 74.5 Å². The fourth-order valence-electron chi connectivity index (χ4n) is 6.47. The Bertz CT molecular complexity index is 1580. The molecule has 45 heavy (non-hydrogen) atoms. The van der Waals surface area contributed by atoms with Gasteiger partial charge in [-0.3, -0.25) is 0 Å². The Balaban J connectivity index is 1.48. The van der Waals surface area contributed by atoms with Gasteiger partial charge in [0.1, 0.15) is 11.5 Å². The summed E-state index contributed by atoms with van der Waals surface area (Å²) in [6, 6.07) is 21.2. The molecule has 0 heterocycles. The van der Waals surface area contributed by atoms with Crippen LogP contribution in [0.1, 0.15) is 65.6 Å². The Morgan fingerprint density at radius 1 is 0.578 bits per heavy atom. The maximum absolute atomic E-state index is 9.78. The van der Waals surface area contributed by atoms with E-state index in [1.165, 1.54) is 22.3 Å². The lowest BCUT2D eigenvalue weighted by Gasteiger charge is -2.27. The third-order valence-electron chi connectivity index (χ3n) is 8.73. The summed E-state index contributed by atoms with van der Waals surface area (Å²) in [4.78, 5) is 0. The lowest BCUT2D eigenvalue weighted by molar-refractivity contribution is 0.265. The number of aliphatic hydroxyl groups is 1. The number of rotatable bonds is 12. The minimum absolute atomic E-state index is 0.116. The zero-order valence-corrected chi connectivity index (χ0v) is 27.2. The van der Waals surface area contributed by atoms with E-state index in [1.807, 2.05) is 24.3 Å². The molecule has 1 unspecified atom stereocenters. The second-order valence-corrected chi connectivity index (χ2v) is 11.4. The van der Waals surface area contributed by atoms with Crippen LogP contribution in [0.25, 0.3) is 35.4 Å². The number of hydrogen-bond acceptors (Lipinski definition) is 6. The second-order valence-electron chi connectivity index (χ2n) is 11.4. The van der Waals surface area contributed by atoms with E-state index < -0.39 is 0 Å². The molecule has 0 fully saturated rings. The zero-order chi connectivity index (χ0) is 32.1. The number of benzene rings is 4. The summed E-state index contributed by atoms with van der Waals surface area (Å²) < 4.78 is 27.6. The van der Waals surface area contributed by atoms with Crippen molar-refractivity contribution in [3.63, 3.8) is 0 Å². The van der Waals surface area contributed by atoms with Crippen LogP contribution >= 0.6 is 0 Å². The highest BCUT2D eigenvalue weighted by molar-refractivity contribution is 5.85. The predicted octanol–water partition coefficient (Wildman–Crippen LogP) is 8.65. The van der Waals surface area contributed by atoms with Crippen molar-refractivity contribution >= 4 is 24.3 Å². The van der Waals surface area contributed by atoms with Crippen molar-refractivity contribution in [3.05, 3.63) is 99.6 Å².